The molecule has 28 heavy (non-hydrogen) atoms. The summed E-state index contributed by atoms with van der Waals surface area (Å²) >= 11 is 1.29. The third-order valence-electron chi connectivity index (χ3n) is 4.34. The summed E-state index contributed by atoms with van der Waals surface area (Å²) in [6.45, 7) is 5.86. The van der Waals surface area contributed by atoms with E-state index in [1.807, 2.05) is 18.5 Å². The third kappa shape index (κ3) is 3.38. The average Bonchev–Trinajstić information content (AvgIpc) is 3.27. The van der Waals surface area contributed by atoms with Crippen LogP contribution in [0.1, 0.15) is 35.9 Å². The Hall–Kier alpha value is -3.13. The normalized spacial score (nSPS) is 11.3. The molecule has 3 aromatic heterocycles. The van der Waals surface area contributed by atoms with Gasteiger partial charge in [-0.05, 0) is 39.0 Å². The number of carbonyl (C=O) groups is 1. The van der Waals surface area contributed by atoms with Gasteiger partial charge in [0.25, 0.3) is 5.91 Å². The Bertz CT molecular complexity index is 1180. The molecule has 0 fully saturated rings. The number of fused-ring (bicyclic) bond motifs is 1. The van der Waals surface area contributed by atoms with E-state index in [2.05, 4.69) is 20.4 Å². The lowest BCUT2D eigenvalue weighted by Crippen LogP contribution is -2.14. The van der Waals surface area contributed by atoms with Crippen LogP contribution in [0.5, 0.6) is 0 Å². The van der Waals surface area contributed by atoms with E-state index >= 15 is 0 Å². The number of hydrogen-bond acceptors (Lipinski definition) is 5. The fourth-order valence-corrected chi connectivity index (χ4v) is 3.66. The zero-order valence-electron chi connectivity index (χ0n) is 15.6. The lowest BCUT2D eigenvalue weighted by atomic mass is 10.1. The van der Waals surface area contributed by atoms with Crippen LogP contribution in [0.15, 0.2) is 41.9 Å². The van der Waals surface area contributed by atoms with Crippen molar-refractivity contribution in [2.75, 3.05) is 5.32 Å². The van der Waals surface area contributed by atoms with Crippen molar-refractivity contribution in [3.05, 3.63) is 59.0 Å². The second kappa shape index (κ2) is 7.12. The first kappa shape index (κ1) is 18.2. The molecule has 0 aliphatic heterocycles. The quantitative estimate of drug-likeness (QED) is 0.537. The van der Waals surface area contributed by atoms with Gasteiger partial charge in [0.1, 0.15) is 5.82 Å². The zero-order valence-corrected chi connectivity index (χ0v) is 16.4. The van der Waals surface area contributed by atoms with Crippen LogP contribution in [0.25, 0.3) is 22.3 Å². The molecule has 1 aromatic carbocycles. The number of halogens is 1. The molecule has 3 heterocycles. The minimum absolute atomic E-state index is 0.181. The van der Waals surface area contributed by atoms with Crippen LogP contribution in [0.2, 0.25) is 0 Å². The fraction of sp³-hybridized carbons (Fsp3) is 0.200. The first-order valence-corrected chi connectivity index (χ1v) is 9.68. The molecule has 4 rings (SSSR count). The molecule has 0 saturated heterocycles. The van der Waals surface area contributed by atoms with Gasteiger partial charge in [-0.15, -0.1) is 11.3 Å². The number of benzene rings is 1. The minimum Gasteiger partial charge on any atom is -0.298 e. The van der Waals surface area contributed by atoms with Crippen molar-refractivity contribution < 1.29 is 9.18 Å². The van der Waals surface area contributed by atoms with Crippen molar-refractivity contribution in [2.45, 2.75) is 26.8 Å². The fourth-order valence-electron chi connectivity index (χ4n) is 2.95. The molecule has 0 bridgehead atoms. The topological polar surface area (TPSA) is 72.7 Å². The largest absolute Gasteiger partial charge is 0.298 e. The highest BCUT2D eigenvalue weighted by molar-refractivity contribution is 7.14. The van der Waals surface area contributed by atoms with Gasteiger partial charge in [-0.1, -0.05) is 12.1 Å². The molecule has 142 valence electrons. The maximum absolute atomic E-state index is 13.4. The summed E-state index contributed by atoms with van der Waals surface area (Å²) in [5.74, 6) is -0.614. The molecule has 0 spiro atoms. The standard InChI is InChI=1S/C20H18FN5OS/c1-11(2)26-18-14(9-22-26)8-16(12(3)23-18)19(27)25-20-24-17(10-28-20)13-5-4-6-15(21)7-13/h4-11H,1-3H3,(H,24,25,27). The van der Waals surface area contributed by atoms with Gasteiger partial charge in [-0.2, -0.15) is 5.10 Å². The van der Waals surface area contributed by atoms with Crippen LogP contribution < -0.4 is 5.32 Å². The van der Waals surface area contributed by atoms with Gasteiger partial charge in [0.2, 0.25) is 0 Å². The minimum atomic E-state index is -0.326. The van der Waals surface area contributed by atoms with Crippen molar-refractivity contribution in [3.8, 4) is 11.3 Å². The molecule has 0 atom stereocenters. The van der Waals surface area contributed by atoms with E-state index in [9.17, 15) is 9.18 Å². The molecule has 4 aromatic rings. The molecule has 8 heteroatoms. The number of amides is 1. The number of anilines is 1. The summed E-state index contributed by atoms with van der Waals surface area (Å²) < 4.78 is 15.2. The van der Waals surface area contributed by atoms with E-state index in [-0.39, 0.29) is 17.8 Å². The van der Waals surface area contributed by atoms with Gasteiger partial charge >= 0.3 is 0 Å². The predicted molar refractivity (Wildman–Crippen MR) is 108 cm³/mol. The molecule has 0 saturated carbocycles. The number of hydrogen-bond donors (Lipinski definition) is 1. The maximum Gasteiger partial charge on any atom is 0.259 e. The highest BCUT2D eigenvalue weighted by Crippen LogP contribution is 2.26. The van der Waals surface area contributed by atoms with Crippen LogP contribution in [-0.2, 0) is 0 Å². The Morgan fingerprint density at radius 2 is 2.07 bits per heavy atom. The number of aromatic nitrogens is 4. The summed E-state index contributed by atoms with van der Waals surface area (Å²) in [5.41, 5.74) is 3.12. The highest BCUT2D eigenvalue weighted by Gasteiger charge is 2.17. The van der Waals surface area contributed by atoms with E-state index in [1.54, 1.807) is 36.7 Å². The Labute approximate surface area is 165 Å². The second-order valence-corrected chi connectivity index (χ2v) is 7.58. The van der Waals surface area contributed by atoms with E-state index in [0.29, 0.717) is 27.6 Å². The van der Waals surface area contributed by atoms with Gasteiger partial charge in [0.15, 0.2) is 10.8 Å². The molecule has 1 amide bonds. The van der Waals surface area contributed by atoms with Crippen LogP contribution in [0.3, 0.4) is 0 Å². The average molecular weight is 395 g/mol. The smallest absolute Gasteiger partial charge is 0.259 e. The number of nitrogens with one attached hydrogen (secondary N) is 1. The first-order valence-electron chi connectivity index (χ1n) is 8.80. The maximum atomic E-state index is 13.4. The van der Waals surface area contributed by atoms with Crippen molar-refractivity contribution in [3.63, 3.8) is 0 Å². The SMILES string of the molecule is Cc1nc2c(cnn2C(C)C)cc1C(=O)Nc1nc(-c2cccc(F)c2)cs1. The Balaban J connectivity index is 1.60. The summed E-state index contributed by atoms with van der Waals surface area (Å²) in [6.07, 6.45) is 1.71. The first-order chi connectivity index (χ1) is 13.4. The molecular weight excluding hydrogens is 377 g/mol. The summed E-state index contributed by atoms with van der Waals surface area (Å²) in [6, 6.07) is 8.17. The molecule has 0 aliphatic rings. The van der Waals surface area contributed by atoms with E-state index in [4.69, 9.17) is 0 Å². The number of aryl methyl sites for hydroxylation is 1. The molecule has 1 N–H and O–H groups in total. The molecular formula is C20H18FN5OS. The van der Waals surface area contributed by atoms with E-state index in [1.165, 1.54) is 23.5 Å². The number of thiazole rings is 1. The van der Waals surface area contributed by atoms with Crippen LogP contribution in [0, 0.1) is 12.7 Å². The van der Waals surface area contributed by atoms with Crippen molar-refractivity contribution >= 4 is 33.4 Å². The second-order valence-electron chi connectivity index (χ2n) is 6.72. The summed E-state index contributed by atoms with van der Waals surface area (Å²) in [5, 5.41) is 10.2. The van der Waals surface area contributed by atoms with Crippen LogP contribution in [0.4, 0.5) is 9.52 Å². The lowest BCUT2D eigenvalue weighted by molar-refractivity contribution is 0.102. The molecule has 0 unspecified atom stereocenters. The monoisotopic (exact) mass is 395 g/mol. The predicted octanol–water partition coefficient (Wildman–Crippen LogP) is 4.84. The molecule has 0 radical (unpaired) electrons. The highest BCUT2D eigenvalue weighted by atomic mass is 32.1. The number of carbonyl (C=O) groups excluding carboxylic acids is 1. The molecule has 6 nitrogen and oxygen atoms in total. The number of rotatable bonds is 4. The summed E-state index contributed by atoms with van der Waals surface area (Å²) in [7, 11) is 0. The molecule has 0 aliphatic carbocycles. The summed E-state index contributed by atoms with van der Waals surface area (Å²) in [4.78, 5) is 21.7. The van der Waals surface area contributed by atoms with E-state index < -0.39 is 0 Å². The van der Waals surface area contributed by atoms with E-state index in [0.717, 1.165) is 11.0 Å². The Morgan fingerprint density at radius 1 is 1.25 bits per heavy atom. The van der Waals surface area contributed by atoms with Gasteiger partial charge in [0, 0.05) is 22.4 Å². The van der Waals surface area contributed by atoms with Gasteiger partial charge < -0.3 is 0 Å². The van der Waals surface area contributed by atoms with Crippen molar-refractivity contribution in [1.82, 2.24) is 19.7 Å². The van der Waals surface area contributed by atoms with Crippen molar-refractivity contribution in [2.24, 2.45) is 0 Å². The van der Waals surface area contributed by atoms with Crippen LogP contribution >= 0.6 is 11.3 Å². The Morgan fingerprint density at radius 3 is 2.82 bits per heavy atom. The lowest BCUT2D eigenvalue weighted by Gasteiger charge is -2.09. The van der Waals surface area contributed by atoms with Gasteiger partial charge in [-0.3, -0.25) is 10.1 Å². The third-order valence-corrected chi connectivity index (χ3v) is 5.10. The van der Waals surface area contributed by atoms with Crippen molar-refractivity contribution in [1.29, 1.82) is 0 Å². The zero-order chi connectivity index (χ0) is 19.8. The number of pyridine rings is 1. The van der Waals surface area contributed by atoms with Gasteiger partial charge in [-0.25, -0.2) is 19.0 Å². The Kier molecular flexibility index (Phi) is 4.64. The van der Waals surface area contributed by atoms with Gasteiger partial charge in [0.05, 0.1) is 23.1 Å². The number of nitrogens with zero attached hydrogens (tertiary/aromatic N) is 4. The van der Waals surface area contributed by atoms with Crippen LogP contribution in [-0.4, -0.2) is 25.7 Å².